The van der Waals surface area contributed by atoms with E-state index in [9.17, 15) is 15.2 Å². The third kappa shape index (κ3) is 10.4. The number of carbonyl (C=O) groups is 1. The lowest BCUT2D eigenvalue weighted by Crippen LogP contribution is -2.47. The van der Waals surface area contributed by atoms with Gasteiger partial charge in [0.05, 0.1) is 54.4 Å². The summed E-state index contributed by atoms with van der Waals surface area (Å²) < 4.78 is -0.894. The standard InChI is InChI=1S/C21H37N3O3/c1-6-7-11-20(19-12-9-8-10-13-19)18-21(25)22(14-16-23(2,3)26)15-17-24(4,5)27/h8-10,12-13,20H,6-7,11,14-18H2,1-5H3. The number of rotatable bonds is 12. The lowest BCUT2D eigenvalue weighted by molar-refractivity contribution is -0.842. The fourth-order valence-electron chi connectivity index (χ4n) is 2.99. The first-order valence-electron chi connectivity index (χ1n) is 9.92. The average molecular weight is 380 g/mol. The van der Waals surface area contributed by atoms with Gasteiger partial charge in [-0.15, -0.1) is 0 Å². The second-order valence-electron chi connectivity index (χ2n) is 8.43. The topological polar surface area (TPSA) is 66.4 Å². The van der Waals surface area contributed by atoms with E-state index < -0.39 is 9.29 Å². The molecule has 0 saturated carbocycles. The van der Waals surface area contributed by atoms with Crippen LogP contribution in [0.4, 0.5) is 0 Å². The van der Waals surface area contributed by atoms with Crippen molar-refractivity contribution in [3.05, 3.63) is 46.3 Å². The molecule has 0 bridgehead atoms. The molecule has 1 amide bonds. The maximum Gasteiger partial charge on any atom is 0.223 e. The molecule has 0 aliphatic rings. The predicted octanol–water partition coefficient (Wildman–Crippen LogP) is 3.33. The van der Waals surface area contributed by atoms with E-state index in [1.165, 1.54) is 5.56 Å². The fraction of sp³-hybridized carbons (Fsp3) is 0.667. The number of unbranched alkanes of at least 4 members (excludes halogenated alkanes) is 1. The van der Waals surface area contributed by atoms with Crippen molar-refractivity contribution in [1.29, 1.82) is 0 Å². The van der Waals surface area contributed by atoms with E-state index >= 15 is 0 Å². The lowest BCUT2D eigenvalue weighted by atomic mass is 9.90. The monoisotopic (exact) mass is 379 g/mol. The summed E-state index contributed by atoms with van der Waals surface area (Å²) in [7, 11) is 6.29. The zero-order chi connectivity index (χ0) is 20.5. The van der Waals surface area contributed by atoms with Gasteiger partial charge in [0.2, 0.25) is 5.91 Å². The summed E-state index contributed by atoms with van der Waals surface area (Å²) in [6, 6.07) is 10.1. The summed E-state index contributed by atoms with van der Waals surface area (Å²) in [5.41, 5.74) is 1.18. The van der Waals surface area contributed by atoms with E-state index in [0.29, 0.717) is 32.6 Å². The van der Waals surface area contributed by atoms with Gasteiger partial charge in [-0.3, -0.25) is 4.79 Å². The van der Waals surface area contributed by atoms with Crippen molar-refractivity contribution in [1.82, 2.24) is 4.90 Å². The van der Waals surface area contributed by atoms with Crippen LogP contribution in [0.1, 0.15) is 44.1 Å². The number of benzene rings is 1. The third-order valence-corrected chi connectivity index (χ3v) is 4.77. The van der Waals surface area contributed by atoms with Gasteiger partial charge in [-0.05, 0) is 17.9 Å². The molecule has 0 aliphatic carbocycles. The van der Waals surface area contributed by atoms with E-state index in [-0.39, 0.29) is 11.8 Å². The lowest BCUT2D eigenvalue weighted by Gasteiger charge is -2.38. The van der Waals surface area contributed by atoms with Crippen molar-refractivity contribution in [2.24, 2.45) is 0 Å². The second-order valence-corrected chi connectivity index (χ2v) is 8.43. The molecule has 6 nitrogen and oxygen atoms in total. The van der Waals surface area contributed by atoms with Gasteiger partial charge in [-0.1, -0.05) is 50.1 Å². The second kappa shape index (κ2) is 10.8. The van der Waals surface area contributed by atoms with Gasteiger partial charge in [0, 0.05) is 6.42 Å². The Balaban J connectivity index is 2.85. The fourth-order valence-corrected chi connectivity index (χ4v) is 2.99. The van der Waals surface area contributed by atoms with E-state index in [4.69, 9.17) is 0 Å². The zero-order valence-corrected chi connectivity index (χ0v) is 17.7. The highest BCUT2D eigenvalue weighted by Crippen LogP contribution is 2.26. The molecule has 0 saturated heterocycles. The highest BCUT2D eigenvalue weighted by molar-refractivity contribution is 5.77. The molecule has 1 atom stereocenters. The van der Waals surface area contributed by atoms with Gasteiger partial charge < -0.3 is 24.6 Å². The molecule has 1 aromatic rings. The van der Waals surface area contributed by atoms with Crippen LogP contribution in [0.3, 0.4) is 0 Å². The molecule has 0 heterocycles. The van der Waals surface area contributed by atoms with Crippen LogP contribution in [0.5, 0.6) is 0 Å². The smallest absolute Gasteiger partial charge is 0.223 e. The first-order valence-corrected chi connectivity index (χ1v) is 9.92. The van der Waals surface area contributed by atoms with Crippen molar-refractivity contribution in [2.75, 3.05) is 54.4 Å². The average Bonchev–Trinajstić information content (AvgIpc) is 2.57. The van der Waals surface area contributed by atoms with E-state index in [1.54, 1.807) is 33.1 Å². The van der Waals surface area contributed by atoms with Crippen molar-refractivity contribution in [2.45, 2.75) is 38.5 Å². The number of nitrogens with zero attached hydrogens (tertiary/aromatic N) is 3. The minimum Gasteiger partial charge on any atom is -0.633 e. The summed E-state index contributed by atoms with van der Waals surface area (Å²) >= 11 is 0. The SMILES string of the molecule is CCCCC(CC(=O)N(CC[N+](C)(C)[O-])CC[N+](C)(C)[O-])c1ccccc1. The van der Waals surface area contributed by atoms with Gasteiger partial charge >= 0.3 is 0 Å². The van der Waals surface area contributed by atoms with Crippen molar-refractivity contribution < 1.29 is 14.1 Å². The number of likely N-dealkylation sites (N-methyl/N-ethyl adjacent to an activating group) is 2. The number of hydroxylamine groups is 6. The van der Waals surface area contributed by atoms with Gasteiger partial charge in [-0.25, -0.2) is 0 Å². The van der Waals surface area contributed by atoms with E-state index in [0.717, 1.165) is 19.3 Å². The molecule has 0 spiro atoms. The molecular formula is C21H37N3O3. The van der Waals surface area contributed by atoms with Crippen LogP contribution >= 0.6 is 0 Å². The molecule has 1 rings (SSSR count). The van der Waals surface area contributed by atoms with E-state index in [2.05, 4.69) is 19.1 Å². The van der Waals surface area contributed by atoms with Gasteiger partial charge in [0.15, 0.2) is 0 Å². The Hall–Kier alpha value is -1.47. The predicted molar refractivity (Wildman–Crippen MR) is 111 cm³/mol. The number of amides is 1. The molecule has 1 unspecified atom stereocenters. The highest BCUT2D eigenvalue weighted by atomic mass is 16.5. The van der Waals surface area contributed by atoms with Crippen LogP contribution in [0.2, 0.25) is 0 Å². The Bertz CT molecular complexity index is 532. The molecule has 1 aromatic carbocycles. The summed E-state index contributed by atoms with van der Waals surface area (Å²) in [6.07, 6.45) is 3.54. The quantitative estimate of drug-likeness (QED) is 0.413. The van der Waals surface area contributed by atoms with Gasteiger partial charge in [-0.2, -0.15) is 0 Å². The summed E-state index contributed by atoms with van der Waals surface area (Å²) in [5.74, 6) is 0.201. The van der Waals surface area contributed by atoms with Crippen LogP contribution in [-0.2, 0) is 4.79 Å². The summed E-state index contributed by atoms with van der Waals surface area (Å²) in [5, 5.41) is 23.9. The molecule has 0 radical (unpaired) electrons. The minimum atomic E-state index is -0.447. The first-order chi connectivity index (χ1) is 12.5. The zero-order valence-electron chi connectivity index (χ0n) is 17.7. The van der Waals surface area contributed by atoms with E-state index in [1.807, 2.05) is 18.2 Å². The minimum absolute atomic E-state index is 0.0295. The Labute approximate surface area is 164 Å². The molecule has 0 aromatic heterocycles. The number of quaternary nitrogens is 2. The summed E-state index contributed by atoms with van der Waals surface area (Å²) in [4.78, 5) is 14.7. The Morgan fingerprint density at radius 1 is 1.00 bits per heavy atom. The molecule has 0 N–H and O–H groups in total. The molecule has 154 valence electrons. The third-order valence-electron chi connectivity index (χ3n) is 4.77. The normalized spacial score (nSPS) is 13.4. The van der Waals surface area contributed by atoms with Crippen LogP contribution < -0.4 is 0 Å². The van der Waals surface area contributed by atoms with Gasteiger partial charge in [0.1, 0.15) is 0 Å². The van der Waals surface area contributed by atoms with Crippen LogP contribution in [0, 0.1) is 10.4 Å². The molecule has 0 aliphatic heterocycles. The Kier molecular flexibility index (Phi) is 9.39. The Morgan fingerprint density at radius 3 is 1.96 bits per heavy atom. The number of carbonyl (C=O) groups excluding carboxylic acids is 1. The van der Waals surface area contributed by atoms with Crippen molar-refractivity contribution in [3.63, 3.8) is 0 Å². The van der Waals surface area contributed by atoms with Crippen LogP contribution in [0.25, 0.3) is 0 Å². The van der Waals surface area contributed by atoms with Crippen LogP contribution in [0.15, 0.2) is 30.3 Å². The largest absolute Gasteiger partial charge is 0.633 e. The summed E-state index contributed by atoms with van der Waals surface area (Å²) in [6.45, 7) is 3.56. The maximum absolute atomic E-state index is 13.0. The molecule has 0 fully saturated rings. The molecular weight excluding hydrogens is 342 g/mol. The van der Waals surface area contributed by atoms with Crippen molar-refractivity contribution >= 4 is 5.91 Å². The molecule has 6 heteroatoms. The maximum atomic E-state index is 13.0. The van der Waals surface area contributed by atoms with Crippen molar-refractivity contribution in [3.8, 4) is 0 Å². The molecule has 27 heavy (non-hydrogen) atoms. The Morgan fingerprint density at radius 2 is 1.52 bits per heavy atom. The number of hydrogen-bond donors (Lipinski definition) is 0. The van der Waals surface area contributed by atoms with Crippen LogP contribution in [-0.4, -0.2) is 74.5 Å². The highest BCUT2D eigenvalue weighted by Gasteiger charge is 2.22. The first kappa shape index (κ1) is 23.6. The number of hydrogen-bond acceptors (Lipinski definition) is 3. The van der Waals surface area contributed by atoms with Gasteiger partial charge in [0.25, 0.3) is 0 Å².